The van der Waals surface area contributed by atoms with Crippen LogP contribution in [0.1, 0.15) is 21.5 Å². The molecular weight excluding hydrogens is 244 g/mol. The maximum absolute atomic E-state index is 12.5. The Morgan fingerprint density at radius 3 is 2.32 bits per heavy atom. The van der Waals surface area contributed by atoms with E-state index in [4.69, 9.17) is 4.74 Å². The second-order valence-electron chi connectivity index (χ2n) is 4.83. The first-order valence-electron chi connectivity index (χ1n) is 5.96. The zero-order valence-electron chi connectivity index (χ0n) is 9.83. The van der Waals surface area contributed by atoms with Crippen LogP contribution in [0.5, 0.6) is 5.75 Å². The lowest BCUT2D eigenvalue weighted by Crippen LogP contribution is -2.48. The number of benzene rings is 2. The summed E-state index contributed by atoms with van der Waals surface area (Å²) in [6.07, 6.45) is 0. The predicted molar refractivity (Wildman–Crippen MR) is 65.6 cm³/mol. The highest BCUT2D eigenvalue weighted by Gasteiger charge is 2.70. The number of hydrogen-bond donors (Lipinski definition) is 2. The summed E-state index contributed by atoms with van der Waals surface area (Å²) < 4.78 is 5.50. The van der Waals surface area contributed by atoms with Gasteiger partial charge in [-0.05, 0) is 6.07 Å². The van der Waals surface area contributed by atoms with Crippen molar-refractivity contribution in [2.24, 2.45) is 0 Å². The Bertz CT molecular complexity index is 724. The Labute approximate surface area is 108 Å². The predicted octanol–water partition coefficient (Wildman–Crippen LogP) is 1.31. The fourth-order valence-electron chi connectivity index (χ4n) is 2.97. The summed E-state index contributed by atoms with van der Waals surface area (Å²) in [7, 11) is 0. The van der Waals surface area contributed by atoms with E-state index in [1.165, 1.54) is 0 Å². The smallest absolute Gasteiger partial charge is 0.276 e. The molecular formula is C15H10O4. The van der Waals surface area contributed by atoms with Gasteiger partial charge in [0.25, 0.3) is 5.79 Å². The molecule has 1 aliphatic heterocycles. The minimum atomic E-state index is -2.06. The van der Waals surface area contributed by atoms with Gasteiger partial charge in [0.1, 0.15) is 5.75 Å². The standard InChI is InChI=1S/C15H10O4/c16-13-9-5-1-2-6-10(9)15(18)14(13,17)11-7-3-4-8-12(11)19-15/h1-8,17-18H/t14-,15+/m0/s1. The maximum Gasteiger partial charge on any atom is 0.276 e. The molecule has 0 unspecified atom stereocenters. The van der Waals surface area contributed by atoms with Gasteiger partial charge in [0.2, 0.25) is 11.4 Å². The van der Waals surface area contributed by atoms with Crippen molar-refractivity contribution in [2.45, 2.75) is 11.4 Å². The fourth-order valence-corrected chi connectivity index (χ4v) is 2.97. The zero-order chi connectivity index (χ0) is 13.3. The monoisotopic (exact) mass is 254 g/mol. The van der Waals surface area contributed by atoms with Crippen LogP contribution in [0.3, 0.4) is 0 Å². The van der Waals surface area contributed by atoms with E-state index in [1.54, 1.807) is 48.5 Å². The maximum atomic E-state index is 12.5. The number of fused-ring (bicyclic) bond motifs is 5. The van der Waals surface area contributed by atoms with E-state index in [-0.39, 0.29) is 0 Å². The Kier molecular flexibility index (Phi) is 1.72. The van der Waals surface area contributed by atoms with Gasteiger partial charge in [-0.25, -0.2) is 0 Å². The van der Waals surface area contributed by atoms with Crippen LogP contribution in [0.25, 0.3) is 0 Å². The normalized spacial score (nSPS) is 30.5. The molecule has 4 heteroatoms. The average Bonchev–Trinajstić information content (AvgIpc) is 2.77. The Hall–Kier alpha value is -2.17. The molecule has 0 saturated carbocycles. The first kappa shape index (κ1) is 10.7. The van der Waals surface area contributed by atoms with Gasteiger partial charge in [0, 0.05) is 16.7 Å². The molecule has 1 heterocycles. The Morgan fingerprint density at radius 2 is 1.53 bits per heavy atom. The quantitative estimate of drug-likeness (QED) is 0.743. The largest absolute Gasteiger partial charge is 0.454 e. The highest BCUT2D eigenvalue weighted by atomic mass is 16.7. The summed E-state index contributed by atoms with van der Waals surface area (Å²) in [5.41, 5.74) is -1.16. The number of Topliss-reactive ketones (excluding diaryl/α,β-unsaturated/α-hetero) is 1. The van der Waals surface area contributed by atoms with Crippen molar-refractivity contribution in [1.82, 2.24) is 0 Å². The first-order valence-corrected chi connectivity index (χ1v) is 5.96. The summed E-state index contributed by atoms with van der Waals surface area (Å²) in [6, 6.07) is 13.2. The first-order chi connectivity index (χ1) is 9.09. The van der Waals surface area contributed by atoms with Crippen molar-refractivity contribution in [1.29, 1.82) is 0 Å². The molecule has 2 aliphatic rings. The number of rotatable bonds is 0. The van der Waals surface area contributed by atoms with Gasteiger partial charge in [0.15, 0.2) is 0 Å². The fraction of sp³-hybridized carbons (Fsp3) is 0.133. The van der Waals surface area contributed by atoms with Crippen molar-refractivity contribution in [3.8, 4) is 5.75 Å². The lowest BCUT2D eigenvalue weighted by Gasteiger charge is -2.28. The van der Waals surface area contributed by atoms with Crippen molar-refractivity contribution < 1.29 is 19.7 Å². The zero-order valence-corrected chi connectivity index (χ0v) is 9.83. The van der Waals surface area contributed by atoms with Crippen LogP contribution >= 0.6 is 0 Å². The molecule has 0 fully saturated rings. The summed E-state index contributed by atoms with van der Waals surface area (Å²) in [5.74, 6) is -2.24. The molecule has 19 heavy (non-hydrogen) atoms. The van der Waals surface area contributed by atoms with Gasteiger partial charge in [-0.15, -0.1) is 0 Å². The number of hydrogen-bond acceptors (Lipinski definition) is 4. The van der Waals surface area contributed by atoms with Gasteiger partial charge in [-0.2, -0.15) is 0 Å². The van der Waals surface area contributed by atoms with Crippen molar-refractivity contribution in [3.63, 3.8) is 0 Å². The van der Waals surface area contributed by atoms with Crippen LogP contribution in [0.2, 0.25) is 0 Å². The molecule has 2 atom stereocenters. The third-order valence-corrected chi connectivity index (χ3v) is 3.89. The van der Waals surface area contributed by atoms with E-state index in [1.807, 2.05) is 0 Å². The Morgan fingerprint density at radius 1 is 0.895 bits per heavy atom. The number of carbonyl (C=O) groups is 1. The highest BCUT2D eigenvalue weighted by Crippen LogP contribution is 2.57. The average molecular weight is 254 g/mol. The van der Waals surface area contributed by atoms with Gasteiger partial charge in [-0.1, -0.05) is 42.5 Å². The molecule has 0 radical (unpaired) electrons. The van der Waals surface area contributed by atoms with E-state index in [0.29, 0.717) is 22.4 Å². The second-order valence-corrected chi connectivity index (χ2v) is 4.83. The third-order valence-electron chi connectivity index (χ3n) is 3.89. The molecule has 94 valence electrons. The third kappa shape index (κ3) is 0.971. The van der Waals surface area contributed by atoms with Gasteiger partial charge < -0.3 is 14.9 Å². The van der Waals surface area contributed by atoms with E-state index in [9.17, 15) is 15.0 Å². The number of carbonyl (C=O) groups excluding carboxylic acids is 1. The topological polar surface area (TPSA) is 66.8 Å². The van der Waals surface area contributed by atoms with E-state index >= 15 is 0 Å². The molecule has 2 N–H and O–H groups in total. The Balaban J connectivity index is 2.08. The van der Waals surface area contributed by atoms with Gasteiger partial charge in [0.05, 0.1) is 0 Å². The number of ether oxygens (including phenoxy) is 1. The van der Waals surface area contributed by atoms with Gasteiger partial charge in [-0.3, -0.25) is 4.79 Å². The summed E-state index contributed by atoms with van der Waals surface area (Å²) in [4.78, 5) is 12.5. The summed E-state index contributed by atoms with van der Waals surface area (Å²) in [6.45, 7) is 0. The summed E-state index contributed by atoms with van der Waals surface area (Å²) >= 11 is 0. The second kappa shape index (κ2) is 3.04. The van der Waals surface area contributed by atoms with E-state index in [2.05, 4.69) is 0 Å². The van der Waals surface area contributed by atoms with Crippen LogP contribution in [0.4, 0.5) is 0 Å². The molecule has 0 amide bonds. The van der Waals surface area contributed by atoms with Gasteiger partial charge >= 0.3 is 0 Å². The SMILES string of the molecule is O=C1c2ccccc2[C@@]2(O)Oc3ccccc3[C@]12O. The molecule has 0 aromatic heterocycles. The highest BCUT2D eigenvalue weighted by molar-refractivity contribution is 6.09. The van der Waals surface area contributed by atoms with Crippen LogP contribution in [-0.2, 0) is 11.4 Å². The molecule has 0 saturated heterocycles. The molecule has 0 bridgehead atoms. The van der Waals surface area contributed by atoms with Crippen molar-refractivity contribution >= 4 is 5.78 Å². The number of aliphatic hydroxyl groups is 2. The van der Waals surface area contributed by atoms with Crippen LogP contribution in [0, 0.1) is 0 Å². The van der Waals surface area contributed by atoms with E-state index < -0.39 is 17.2 Å². The minimum absolute atomic E-state index is 0.294. The van der Waals surface area contributed by atoms with Crippen LogP contribution in [-0.4, -0.2) is 16.0 Å². The van der Waals surface area contributed by atoms with E-state index in [0.717, 1.165) is 0 Å². The summed E-state index contributed by atoms with van der Waals surface area (Å²) in [5, 5.41) is 21.5. The molecule has 0 spiro atoms. The molecule has 1 aliphatic carbocycles. The number of ketones is 1. The molecule has 2 aromatic rings. The minimum Gasteiger partial charge on any atom is -0.454 e. The van der Waals surface area contributed by atoms with Crippen LogP contribution < -0.4 is 4.74 Å². The number of para-hydroxylation sites is 1. The lowest BCUT2D eigenvalue weighted by atomic mass is 9.87. The molecule has 2 aromatic carbocycles. The lowest BCUT2D eigenvalue weighted by molar-refractivity contribution is -0.224. The van der Waals surface area contributed by atoms with Crippen molar-refractivity contribution in [3.05, 3.63) is 65.2 Å². The van der Waals surface area contributed by atoms with Crippen LogP contribution in [0.15, 0.2) is 48.5 Å². The van der Waals surface area contributed by atoms with Crippen molar-refractivity contribution in [2.75, 3.05) is 0 Å². The molecule has 4 rings (SSSR count). The molecule has 4 nitrogen and oxygen atoms in total.